The van der Waals surface area contributed by atoms with E-state index in [4.69, 9.17) is 11.6 Å². The van der Waals surface area contributed by atoms with Crippen LogP contribution in [0, 0.1) is 0 Å². The number of rotatable bonds is 4. The fraction of sp³-hybridized carbons (Fsp3) is 0.120. The Balaban J connectivity index is 1.98. The zero-order chi connectivity index (χ0) is 19.7. The minimum Gasteiger partial charge on any atom is -0.386 e. The number of hydrogen-bond acceptors (Lipinski definition) is 2. The van der Waals surface area contributed by atoms with Gasteiger partial charge in [-0.3, -0.25) is 0 Å². The van der Waals surface area contributed by atoms with Gasteiger partial charge in [-0.25, -0.2) is 0 Å². The SMILES string of the molecule is CC(C)(O)c1cc(Cl)ccc1-c1cc(-c2ccccc2)sc1-c1ccccc1. The quantitative estimate of drug-likeness (QED) is 0.370. The Morgan fingerprint density at radius 3 is 1.96 bits per heavy atom. The van der Waals surface area contributed by atoms with Gasteiger partial charge in [-0.15, -0.1) is 11.3 Å². The molecule has 0 aliphatic heterocycles. The largest absolute Gasteiger partial charge is 0.386 e. The van der Waals surface area contributed by atoms with E-state index in [2.05, 4.69) is 54.6 Å². The summed E-state index contributed by atoms with van der Waals surface area (Å²) in [6, 6.07) is 28.8. The molecule has 0 amide bonds. The van der Waals surface area contributed by atoms with Gasteiger partial charge in [0.25, 0.3) is 0 Å². The predicted molar refractivity (Wildman–Crippen MR) is 121 cm³/mol. The normalized spacial score (nSPS) is 11.6. The molecule has 0 unspecified atom stereocenters. The van der Waals surface area contributed by atoms with Crippen molar-refractivity contribution in [2.24, 2.45) is 0 Å². The Hall–Kier alpha value is -2.39. The van der Waals surface area contributed by atoms with Crippen molar-refractivity contribution in [3.05, 3.63) is 95.5 Å². The van der Waals surface area contributed by atoms with E-state index in [0.29, 0.717) is 5.02 Å². The second kappa shape index (κ2) is 7.56. The molecule has 1 nitrogen and oxygen atoms in total. The van der Waals surface area contributed by atoms with Gasteiger partial charge >= 0.3 is 0 Å². The fourth-order valence-electron chi connectivity index (χ4n) is 3.40. The highest BCUT2D eigenvalue weighted by molar-refractivity contribution is 7.19. The molecule has 0 radical (unpaired) electrons. The van der Waals surface area contributed by atoms with E-state index in [1.165, 1.54) is 20.9 Å². The topological polar surface area (TPSA) is 20.2 Å². The number of benzene rings is 3. The van der Waals surface area contributed by atoms with Crippen LogP contribution in [0.3, 0.4) is 0 Å². The molecular formula is C25H21ClOS. The van der Waals surface area contributed by atoms with Gasteiger partial charge in [0.1, 0.15) is 0 Å². The van der Waals surface area contributed by atoms with E-state index in [1.807, 2.05) is 30.3 Å². The van der Waals surface area contributed by atoms with Crippen LogP contribution in [0.15, 0.2) is 84.9 Å². The summed E-state index contributed by atoms with van der Waals surface area (Å²) in [7, 11) is 0. The molecule has 4 aromatic rings. The van der Waals surface area contributed by atoms with E-state index in [1.54, 1.807) is 25.2 Å². The standard InChI is InChI=1S/C25H21ClOS/c1-25(2,27)22-15-19(26)13-14-20(22)21-16-23(17-9-5-3-6-10-17)28-24(21)18-11-7-4-8-12-18/h3-16,27H,1-2H3. The molecule has 1 heterocycles. The lowest BCUT2D eigenvalue weighted by atomic mass is 9.88. The highest BCUT2D eigenvalue weighted by Crippen LogP contribution is 2.46. The van der Waals surface area contributed by atoms with Crippen LogP contribution < -0.4 is 0 Å². The van der Waals surface area contributed by atoms with Crippen molar-refractivity contribution in [1.29, 1.82) is 0 Å². The molecule has 140 valence electrons. The third kappa shape index (κ3) is 3.77. The first kappa shape index (κ1) is 18.9. The molecule has 0 bridgehead atoms. The number of thiophene rings is 1. The smallest absolute Gasteiger partial charge is 0.0847 e. The lowest BCUT2D eigenvalue weighted by Gasteiger charge is -2.22. The molecule has 3 aromatic carbocycles. The Bertz CT molecular complexity index is 1090. The lowest BCUT2D eigenvalue weighted by Crippen LogP contribution is -2.16. The van der Waals surface area contributed by atoms with Gasteiger partial charge in [-0.05, 0) is 54.3 Å². The summed E-state index contributed by atoms with van der Waals surface area (Å²) in [5.41, 5.74) is 4.31. The van der Waals surface area contributed by atoms with Crippen LogP contribution in [0.4, 0.5) is 0 Å². The van der Waals surface area contributed by atoms with Crippen LogP contribution in [-0.2, 0) is 5.60 Å². The average molecular weight is 405 g/mol. The molecule has 0 aliphatic rings. The first-order valence-corrected chi connectivity index (χ1v) is 10.4. The summed E-state index contributed by atoms with van der Waals surface area (Å²) in [6.45, 7) is 3.60. The highest BCUT2D eigenvalue weighted by atomic mass is 35.5. The van der Waals surface area contributed by atoms with Crippen LogP contribution in [0.5, 0.6) is 0 Å². The summed E-state index contributed by atoms with van der Waals surface area (Å²) in [5, 5.41) is 11.4. The first-order valence-electron chi connectivity index (χ1n) is 9.21. The fourth-order valence-corrected chi connectivity index (χ4v) is 4.75. The van der Waals surface area contributed by atoms with E-state index >= 15 is 0 Å². The van der Waals surface area contributed by atoms with Crippen molar-refractivity contribution >= 4 is 22.9 Å². The molecule has 3 heteroatoms. The summed E-state index contributed by atoms with van der Waals surface area (Å²) in [4.78, 5) is 2.39. The van der Waals surface area contributed by atoms with E-state index < -0.39 is 5.60 Å². The van der Waals surface area contributed by atoms with Crippen molar-refractivity contribution in [3.63, 3.8) is 0 Å². The zero-order valence-electron chi connectivity index (χ0n) is 15.8. The summed E-state index contributed by atoms with van der Waals surface area (Å²) in [6.07, 6.45) is 0. The second-order valence-corrected chi connectivity index (χ2v) is 8.82. The molecule has 0 spiro atoms. The molecule has 4 rings (SSSR count). The molecular weight excluding hydrogens is 384 g/mol. The number of hydrogen-bond donors (Lipinski definition) is 1. The first-order chi connectivity index (χ1) is 13.4. The zero-order valence-corrected chi connectivity index (χ0v) is 17.4. The number of aliphatic hydroxyl groups is 1. The number of halogens is 1. The third-order valence-corrected chi connectivity index (χ3v) is 6.23. The van der Waals surface area contributed by atoms with Crippen molar-refractivity contribution in [1.82, 2.24) is 0 Å². The molecule has 1 N–H and O–H groups in total. The van der Waals surface area contributed by atoms with E-state index in [0.717, 1.165) is 16.7 Å². The minimum atomic E-state index is -0.997. The van der Waals surface area contributed by atoms with Crippen molar-refractivity contribution in [2.45, 2.75) is 19.4 Å². The minimum absolute atomic E-state index is 0.626. The molecule has 0 fully saturated rings. The van der Waals surface area contributed by atoms with Gasteiger partial charge < -0.3 is 5.11 Å². The van der Waals surface area contributed by atoms with Crippen molar-refractivity contribution < 1.29 is 5.11 Å². The molecule has 0 atom stereocenters. The summed E-state index contributed by atoms with van der Waals surface area (Å²) >= 11 is 8.03. The monoisotopic (exact) mass is 404 g/mol. The van der Waals surface area contributed by atoms with Crippen molar-refractivity contribution in [2.75, 3.05) is 0 Å². The van der Waals surface area contributed by atoms with Gasteiger partial charge in [-0.2, -0.15) is 0 Å². The Kier molecular flexibility index (Phi) is 5.11. The second-order valence-electron chi connectivity index (χ2n) is 7.33. The summed E-state index contributed by atoms with van der Waals surface area (Å²) in [5.74, 6) is 0. The van der Waals surface area contributed by atoms with E-state index in [-0.39, 0.29) is 0 Å². The maximum atomic E-state index is 10.8. The highest BCUT2D eigenvalue weighted by Gasteiger charge is 2.24. The Morgan fingerprint density at radius 1 is 0.750 bits per heavy atom. The van der Waals surface area contributed by atoms with Crippen LogP contribution >= 0.6 is 22.9 Å². The Morgan fingerprint density at radius 2 is 1.36 bits per heavy atom. The molecule has 28 heavy (non-hydrogen) atoms. The van der Waals surface area contributed by atoms with Gasteiger partial charge in [0.15, 0.2) is 0 Å². The average Bonchev–Trinajstić information content (AvgIpc) is 3.14. The van der Waals surface area contributed by atoms with Gasteiger partial charge in [-0.1, -0.05) is 78.3 Å². The molecule has 1 aromatic heterocycles. The molecule has 0 aliphatic carbocycles. The molecule has 0 saturated carbocycles. The maximum absolute atomic E-state index is 10.8. The van der Waals surface area contributed by atoms with Crippen LogP contribution in [0.25, 0.3) is 32.0 Å². The van der Waals surface area contributed by atoms with Crippen molar-refractivity contribution in [3.8, 4) is 32.0 Å². The lowest BCUT2D eigenvalue weighted by molar-refractivity contribution is 0.0792. The summed E-state index contributed by atoms with van der Waals surface area (Å²) < 4.78 is 0. The molecule has 0 saturated heterocycles. The van der Waals surface area contributed by atoms with Crippen LogP contribution in [-0.4, -0.2) is 5.11 Å². The van der Waals surface area contributed by atoms with Crippen LogP contribution in [0.2, 0.25) is 5.02 Å². The maximum Gasteiger partial charge on any atom is 0.0847 e. The Labute approximate surface area is 174 Å². The van der Waals surface area contributed by atoms with Crippen LogP contribution in [0.1, 0.15) is 19.4 Å². The van der Waals surface area contributed by atoms with E-state index in [9.17, 15) is 5.11 Å². The van der Waals surface area contributed by atoms with Gasteiger partial charge in [0, 0.05) is 20.3 Å². The van der Waals surface area contributed by atoms with Gasteiger partial charge in [0.2, 0.25) is 0 Å². The van der Waals surface area contributed by atoms with Gasteiger partial charge in [0.05, 0.1) is 5.60 Å². The third-order valence-electron chi connectivity index (χ3n) is 4.76. The predicted octanol–water partition coefficient (Wildman–Crippen LogP) is 7.63.